The van der Waals surface area contributed by atoms with Gasteiger partial charge in [0.05, 0.1) is 29.5 Å². The lowest BCUT2D eigenvalue weighted by Crippen LogP contribution is -2.18. The lowest BCUT2D eigenvalue weighted by Gasteiger charge is -2.16. The minimum absolute atomic E-state index is 0.0287. The Labute approximate surface area is 164 Å². The Balaban J connectivity index is 1.50. The summed E-state index contributed by atoms with van der Waals surface area (Å²) < 4.78 is 26.5. The third kappa shape index (κ3) is 2.75. The molecule has 3 heterocycles. The average Bonchev–Trinajstić information content (AvgIpc) is 3.39. The van der Waals surface area contributed by atoms with Gasteiger partial charge in [0.15, 0.2) is 23.0 Å². The molecule has 2 aromatic carbocycles. The van der Waals surface area contributed by atoms with Gasteiger partial charge in [0.1, 0.15) is 12.4 Å². The highest BCUT2D eigenvalue weighted by Crippen LogP contribution is 2.40. The monoisotopic (exact) mass is 394 g/mol. The minimum Gasteiger partial charge on any atom is -0.488 e. The fourth-order valence-corrected chi connectivity index (χ4v) is 3.27. The number of anilines is 1. The fourth-order valence-electron chi connectivity index (χ4n) is 3.27. The van der Waals surface area contributed by atoms with E-state index in [-0.39, 0.29) is 30.3 Å². The quantitative estimate of drug-likeness (QED) is 0.675. The van der Waals surface area contributed by atoms with Crippen molar-refractivity contribution in [3.8, 4) is 28.6 Å². The molecule has 0 fully saturated rings. The Morgan fingerprint density at radius 3 is 2.69 bits per heavy atom. The van der Waals surface area contributed by atoms with E-state index in [1.165, 1.54) is 19.2 Å². The molecule has 1 N–H and O–H groups in total. The number of hydrogen-bond donors (Lipinski definition) is 1. The third-order valence-corrected chi connectivity index (χ3v) is 4.67. The van der Waals surface area contributed by atoms with Crippen molar-refractivity contribution in [2.24, 2.45) is 0 Å². The first-order valence-electron chi connectivity index (χ1n) is 8.69. The molecule has 9 nitrogen and oxygen atoms in total. The summed E-state index contributed by atoms with van der Waals surface area (Å²) in [4.78, 5) is 25.1. The van der Waals surface area contributed by atoms with Gasteiger partial charge in [-0.2, -0.15) is 0 Å². The molecule has 146 valence electrons. The van der Waals surface area contributed by atoms with Crippen LogP contribution in [0.15, 0.2) is 40.9 Å². The molecule has 0 atom stereocenters. The number of amides is 1. The second-order valence-electron chi connectivity index (χ2n) is 6.32. The smallest absolute Gasteiger partial charge is 0.340 e. The van der Waals surface area contributed by atoms with Crippen LogP contribution in [0.25, 0.3) is 11.3 Å². The summed E-state index contributed by atoms with van der Waals surface area (Å²) in [6.07, 6.45) is 0. The Hall–Kier alpha value is -4.01. The Bertz CT molecular complexity index is 1150. The van der Waals surface area contributed by atoms with Crippen LogP contribution in [-0.4, -0.2) is 30.9 Å². The summed E-state index contributed by atoms with van der Waals surface area (Å²) >= 11 is 0. The van der Waals surface area contributed by atoms with Crippen LogP contribution in [0, 0.1) is 0 Å². The number of methoxy groups -OCH3 is 1. The molecule has 3 aromatic rings. The van der Waals surface area contributed by atoms with Crippen LogP contribution in [0.1, 0.15) is 26.4 Å². The van der Waals surface area contributed by atoms with Crippen molar-refractivity contribution in [3.05, 3.63) is 53.2 Å². The highest BCUT2D eigenvalue weighted by molar-refractivity contribution is 6.08. The van der Waals surface area contributed by atoms with E-state index in [9.17, 15) is 9.59 Å². The summed E-state index contributed by atoms with van der Waals surface area (Å²) in [6, 6.07) is 10.3. The second-order valence-corrected chi connectivity index (χ2v) is 6.32. The number of hydrogen-bond acceptors (Lipinski definition) is 8. The Morgan fingerprint density at radius 2 is 1.86 bits per heavy atom. The first-order valence-corrected chi connectivity index (χ1v) is 8.69. The van der Waals surface area contributed by atoms with Crippen LogP contribution in [0.3, 0.4) is 0 Å². The SMILES string of the molecule is COC(=O)c1cc2c(cc1NC(=O)c1noc3c1COc1ccccc1-3)OCO2. The van der Waals surface area contributed by atoms with E-state index in [2.05, 4.69) is 10.5 Å². The lowest BCUT2D eigenvalue weighted by atomic mass is 10.0. The van der Waals surface area contributed by atoms with Gasteiger partial charge in [-0.15, -0.1) is 0 Å². The number of para-hydroxylation sites is 1. The van der Waals surface area contributed by atoms with Gasteiger partial charge in [-0.05, 0) is 12.1 Å². The highest BCUT2D eigenvalue weighted by atomic mass is 16.7. The maximum Gasteiger partial charge on any atom is 0.340 e. The maximum absolute atomic E-state index is 12.9. The molecule has 2 aliphatic heterocycles. The number of esters is 1. The molecule has 0 saturated carbocycles. The van der Waals surface area contributed by atoms with E-state index >= 15 is 0 Å². The number of ether oxygens (including phenoxy) is 4. The summed E-state index contributed by atoms with van der Waals surface area (Å²) in [5.41, 5.74) is 1.66. The van der Waals surface area contributed by atoms with Gasteiger partial charge < -0.3 is 28.8 Å². The van der Waals surface area contributed by atoms with E-state index in [1.54, 1.807) is 0 Å². The standard InChI is InChI=1S/C20H14N2O7/c1-25-20(24)11-6-15-16(28-9-27-15)7-13(11)21-19(23)17-12-8-26-14-5-3-2-4-10(14)18(12)29-22-17/h2-7H,8-9H2,1H3,(H,21,23). The molecule has 5 rings (SSSR count). The zero-order valence-electron chi connectivity index (χ0n) is 15.2. The van der Waals surface area contributed by atoms with Gasteiger partial charge >= 0.3 is 5.97 Å². The predicted molar refractivity (Wildman–Crippen MR) is 98.1 cm³/mol. The van der Waals surface area contributed by atoms with Crippen molar-refractivity contribution < 1.29 is 33.1 Å². The van der Waals surface area contributed by atoms with E-state index in [0.29, 0.717) is 28.6 Å². The number of nitrogens with one attached hydrogen (secondary N) is 1. The zero-order chi connectivity index (χ0) is 20.0. The van der Waals surface area contributed by atoms with Crippen molar-refractivity contribution in [2.45, 2.75) is 6.61 Å². The molecule has 1 aromatic heterocycles. The molecule has 0 aliphatic carbocycles. The normalized spacial score (nSPS) is 13.1. The summed E-state index contributed by atoms with van der Waals surface area (Å²) in [5, 5.41) is 6.60. The third-order valence-electron chi connectivity index (χ3n) is 4.67. The van der Waals surface area contributed by atoms with Gasteiger partial charge in [-0.3, -0.25) is 4.79 Å². The molecular formula is C20H14N2O7. The summed E-state index contributed by atoms with van der Waals surface area (Å²) in [7, 11) is 1.25. The number of aromatic nitrogens is 1. The molecule has 0 bridgehead atoms. The van der Waals surface area contributed by atoms with Gasteiger partial charge in [-0.25, -0.2) is 4.79 Å². The van der Waals surface area contributed by atoms with Crippen molar-refractivity contribution in [1.29, 1.82) is 0 Å². The van der Waals surface area contributed by atoms with E-state index in [4.69, 9.17) is 23.5 Å². The van der Waals surface area contributed by atoms with E-state index in [1.807, 2.05) is 24.3 Å². The van der Waals surface area contributed by atoms with Crippen LogP contribution < -0.4 is 19.5 Å². The number of nitrogens with zero attached hydrogens (tertiary/aromatic N) is 1. The minimum atomic E-state index is -0.627. The summed E-state index contributed by atoms with van der Waals surface area (Å²) in [6.45, 7) is 0.171. The van der Waals surface area contributed by atoms with E-state index < -0.39 is 11.9 Å². The molecule has 29 heavy (non-hydrogen) atoms. The lowest BCUT2D eigenvalue weighted by molar-refractivity contribution is 0.0601. The average molecular weight is 394 g/mol. The van der Waals surface area contributed by atoms with Crippen molar-refractivity contribution in [3.63, 3.8) is 0 Å². The predicted octanol–water partition coefficient (Wildman–Crippen LogP) is 3.00. The zero-order valence-corrected chi connectivity index (χ0v) is 15.2. The van der Waals surface area contributed by atoms with Crippen LogP contribution in [0.5, 0.6) is 17.2 Å². The number of carbonyl (C=O) groups excluding carboxylic acids is 2. The van der Waals surface area contributed by atoms with E-state index in [0.717, 1.165) is 5.56 Å². The number of carbonyl (C=O) groups is 2. The molecule has 0 radical (unpaired) electrons. The first kappa shape index (κ1) is 17.1. The molecule has 0 unspecified atom stereocenters. The molecule has 9 heteroatoms. The van der Waals surface area contributed by atoms with Gasteiger partial charge in [0.2, 0.25) is 6.79 Å². The highest BCUT2D eigenvalue weighted by Gasteiger charge is 2.30. The van der Waals surface area contributed by atoms with Gasteiger partial charge in [0, 0.05) is 12.1 Å². The summed E-state index contributed by atoms with van der Waals surface area (Å²) in [5.74, 6) is 0.766. The van der Waals surface area contributed by atoms with Crippen LogP contribution in [-0.2, 0) is 11.3 Å². The van der Waals surface area contributed by atoms with Crippen LogP contribution in [0.2, 0.25) is 0 Å². The number of fused-ring (bicyclic) bond motifs is 4. The Kier molecular flexibility index (Phi) is 3.87. The van der Waals surface area contributed by atoms with Crippen LogP contribution >= 0.6 is 0 Å². The molecule has 1 amide bonds. The largest absolute Gasteiger partial charge is 0.488 e. The second kappa shape index (κ2) is 6.55. The van der Waals surface area contributed by atoms with Crippen molar-refractivity contribution in [2.75, 3.05) is 19.2 Å². The van der Waals surface area contributed by atoms with Gasteiger partial charge in [-0.1, -0.05) is 17.3 Å². The topological polar surface area (TPSA) is 109 Å². The van der Waals surface area contributed by atoms with Crippen molar-refractivity contribution >= 4 is 17.6 Å². The first-order chi connectivity index (χ1) is 14.2. The Morgan fingerprint density at radius 1 is 1.07 bits per heavy atom. The number of benzene rings is 2. The van der Waals surface area contributed by atoms with Crippen LogP contribution in [0.4, 0.5) is 5.69 Å². The molecule has 2 aliphatic rings. The molecular weight excluding hydrogens is 380 g/mol. The van der Waals surface area contributed by atoms with Gasteiger partial charge in [0.25, 0.3) is 5.91 Å². The fraction of sp³-hybridized carbons (Fsp3) is 0.150. The maximum atomic E-state index is 12.9. The molecule has 0 saturated heterocycles. The van der Waals surface area contributed by atoms with Crippen molar-refractivity contribution in [1.82, 2.24) is 5.16 Å². The molecule has 0 spiro atoms. The number of rotatable bonds is 3.